The number of rotatable bonds is 7. The van der Waals surface area contributed by atoms with E-state index in [9.17, 15) is 4.79 Å². The molecule has 0 aromatic carbocycles. The van der Waals surface area contributed by atoms with Crippen LogP contribution < -0.4 is 11.1 Å². The summed E-state index contributed by atoms with van der Waals surface area (Å²) in [6.45, 7) is 8.38. The third-order valence-electron chi connectivity index (χ3n) is 3.50. The molecule has 0 fully saturated rings. The highest BCUT2D eigenvalue weighted by Crippen LogP contribution is 2.19. The lowest BCUT2D eigenvalue weighted by molar-refractivity contribution is -0.143. The quantitative estimate of drug-likeness (QED) is 0.695. The molecule has 0 aromatic heterocycles. The predicted octanol–water partition coefficient (Wildman–Crippen LogP) is 1.44. The van der Waals surface area contributed by atoms with E-state index in [0.29, 0.717) is 13.0 Å². The number of nitrogens with two attached hydrogens (primary N) is 1. The number of hydrogen-bond acceptors (Lipinski definition) is 3. The van der Waals surface area contributed by atoms with Crippen molar-refractivity contribution in [2.75, 3.05) is 13.7 Å². The molecule has 0 aliphatic carbocycles. The second-order valence-electron chi connectivity index (χ2n) is 4.70. The maximum absolute atomic E-state index is 12.1. The van der Waals surface area contributed by atoms with Crippen molar-refractivity contribution in [3.63, 3.8) is 0 Å². The average molecular weight is 230 g/mol. The van der Waals surface area contributed by atoms with Crippen molar-refractivity contribution in [3.8, 4) is 0 Å². The van der Waals surface area contributed by atoms with Crippen molar-refractivity contribution >= 4 is 5.91 Å². The van der Waals surface area contributed by atoms with Crippen molar-refractivity contribution in [3.05, 3.63) is 0 Å². The first-order chi connectivity index (χ1) is 7.37. The Morgan fingerprint density at radius 3 is 2.19 bits per heavy atom. The van der Waals surface area contributed by atoms with Gasteiger partial charge in [0, 0.05) is 12.6 Å². The van der Waals surface area contributed by atoms with Crippen LogP contribution in [-0.4, -0.2) is 30.7 Å². The van der Waals surface area contributed by atoms with Crippen molar-refractivity contribution in [1.82, 2.24) is 5.32 Å². The molecule has 0 aliphatic heterocycles. The molecule has 4 heteroatoms. The highest BCUT2D eigenvalue weighted by molar-refractivity contribution is 5.85. The first-order valence-corrected chi connectivity index (χ1v) is 5.95. The van der Waals surface area contributed by atoms with E-state index in [1.165, 1.54) is 0 Å². The Hall–Kier alpha value is -0.610. The highest BCUT2D eigenvalue weighted by Gasteiger charge is 2.35. The smallest absolute Gasteiger partial charge is 0.252 e. The van der Waals surface area contributed by atoms with Crippen LogP contribution in [0.5, 0.6) is 0 Å². The van der Waals surface area contributed by atoms with Crippen LogP contribution in [0, 0.1) is 0 Å². The maximum Gasteiger partial charge on any atom is 0.252 e. The van der Waals surface area contributed by atoms with Gasteiger partial charge >= 0.3 is 0 Å². The SMILES string of the molecule is CCC(C)(CCN)NC(=O)C(C)(CC)OC. The molecule has 0 spiro atoms. The van der Waals surface area contributed by atoms with Gasteiger partial charge in [-0.15, -0.1) is 0 Å². The molecule has 2 unspecified atom stereocenters. The van der Waals surface area contributed by atoms with Gasteiger partial charge in [0.15, 0.2) is 0 Å². The second-order valence-corrected chi connectivity index (χ2v) is 4.70. The van der Waals surface area contributed by atoms with Crippen LogP contribution in [0.2, 0.25) is 0 Å². The normalized spacial score (nSPS) is 18.6. The van der Waals surface area contributed by atoms with E-state index in [0.717, 1.165) is 12.8 Å². The van der Waals surface area contributed by atoms with Crippen LogP contribution in [0.3, 0.4) is 0 Å². The van der Waals surface area contributed by atoms with Gasteiger partial charge in [0.25, 0.3) is 5.91 Å². The zero-order chi connectivity index (χ0) is 12.8. The van der Waals surface area contributed by atoms with Gasteiger partial charge in [-0.05, 0) is 39.7 Å². The Balaban J connectivity index is 4.63. The number of methoxy groups -OCH3 is 1. The number of ether oxygens (including phenoxy) is 1. The van der Waals surface area contributed by atoms with Crippen LogP contribution in [0.15, 0.2) is 0 Å². The van der Waals surface area contributed by atoms with E-state index in [1.54, 1.807) is 14.0 Å². The lowest BCUT2D eigenvalue weighted by Crippen LogP contribution is -2.55. The van der Waals surface area contributed by atoms with Gasteiger partial charge in [0.2, 0.25) is 0 Å². The van der Waals surface area contributed by atoms with E-state index in [2.05, 4.69) is 5.32 Å². The maximum atomic E-state index is 12.1. The van der Waals surface area contributed by atoms with Gasteiger partial charge < -0.3 is 15.8 Å². The zero-order valence-corrected chi connectivity index (χ0v) is 11.2. The number of nitrogens with one attached hydrogen (secondary N) is 1. The molecule has 0 aliphatic rings. The fourth-order valence-electron chi connectivity index (χ4n) is 1.45. The van der Waals surface area contributed by atoms with E-state index < -0.39 is 5.60 Å². The summed E-state index contributed by atoms with van der Waals surface area (Å²) in [5.41, 5.74) is 4.58. The van der Waals surface area contributed by atoms with Gasteiger partial charge in [-0.2, -0.15) is 0 Å². The number of carbonyl (C=O) groups excluding carboxylic acids is 1. The molecular formula is C12H26N2O2. The Morgan fingerprint density at radius 1 is 1.31 bits per heavy atom. The molecule has 0 saturated carbocycles. The number of hydrogen-bond donors (Lipinski definition) is 2. The summed E-state index contributed by atoms with van der Waals surface area (Å²) in [5.74, 6) is -0.0599. The molecule has 2 atom stereocenters. The summed E-state index contributed by atoms with van der Waals surface area (Å²) in [6.07, 6.45) is 2.29. The minimum atomic E-state index is -0.745. The van der Waals surface area contributed by atoms with Gasteiger partial charge in [0.05, 0.1) is 0 Å². The van der Waals surface area contributed by atoms with Crippen LogP contribution in [0.25, 0.3) is 0 Å². The van der Waals surface area contributed by atoms with Crippen LogP contribution >= 0.6 is 0 Å². The molecular weight excluding hydrogens is 204 g/mol. The monoisotopic (exact) mass is 230 g/mol. The summed E-state index contributed by atoms with van der Waals surface area (Å²) in [4.78, 5) is 12.1. The largest absolute Gasteiger partial charge is 0.369 e. The molecule has 0 saturated heterocycles. The van der Waals surface area contributed by atoms with Crippen LogP contribution in [0.1, 0.15) is 47.0 Å². The second kappa shape index (κ2) is 6.21. The zero-order valence-electron chi connectivity index (χ0n) is 11.2. The summed E-state index contributed by atoms with van der Waals surface area (Å²) >= 11 is 0. The molecule has 0 rings (SSSR count). The summed E-state index contributed by atoms with van der Waals surface area (Å²) in [6, 6.07) is 0. The average Bonchev–Trinajstić information content (AvgIpc) is 2.28. The lowest BCUT2D eigenvalue weighted by atomic mass is 9.92. The third-order valence-corrected chi connectivity index (χ3v) is 3.50. The predicted molar refractivity (Wildman–Crippen MR) is 66.2 cm³/mol. The van der Waals surface area contributed by atoms with Gasteiger partial charge in [-0.3, -0.25) is 4.79 Å². The Bertz CT molecular complexity index is 227. The lowest BCUT2D eigenvalue weighted by Gasteiger charge is -2.34. The van der Waals surface area contributed by atoms with Crippen molar-refractivity contribution in [2.45, 2.75) is 58.1 Å². The molecule has 4 nitrogen and oxygen atoms in total. The molecule has 1 amide bonds. The Kier molecular flexibility index (Phi) is 5.97. The molecule has 3 N–H and O–H groups in total. The Morgan fingerprint density at radius 2 is 1.88 bits per heavy atom. The topological polar surface area (TPSA) is 64.3 Å². The Labute approximate surface area is 98.9 Å². The van der Waals surface area contributed by atoms with E-state index in [4.69, 9.17) is 10.5 Å². The first kappa shape index (κ1) is 15.4. The highest BCUT2D eigenvalue weighted by atomic mass is 16.5. The molecule has 96 valence electrons. The van der Waals surface area contributed by atoms with Crippen molar-refractivity contribution in [1.29, 1.82) is 0 Å². The van der Waals surface area contributed by atoms with Gasteiger partial charge in [0.1, 0.15) is 5.60 Å². The summed E-state index contributed by atoms with van der Waals surface area (Å²) in [5, 5.41) is 3.04. The minimum Gasteiger partial charge on any atom is -0.369 e. The summed E-state index contributed by atoms with van der Waals surface area (Å²) in [7, 11) is 1.56. The molecule has 0 radical (unpaired) electrons. The van der Waals surface area contributed by atoms with Crippen LogP contribution in [-0.2, 0) is 9.53 Å². The number of amides is 1. The molecule has 16 heavy (non-hydrogen) atoms. The van der Waals surface area contributed by atoms with E-state index in [-0.39, 0.29) is 11.4 Å². The molecule has 0 aromatic rings. The first-order valence-electron chi connectivity index (χ1n) is 5.95. The standard InChI is InChI=1S/C12H26N2O2/c1-6-11(3,8-9-13)14-10(15)12(4,7-2)16-5/h6-9,13H2,1-5H3,(H,14,15). The van der Waals surface area contributed by atoms with E-state index >= 15 is 0 Å². The van der Waals surface area contributed by atoms with Crippen molar-refractivity contribution < 1.29 is 9.53 Å². The summed E-state index contributed by atoms with van der Waals surface area (Å²) < 4.78 is 5.27. The van der Waals surface area contributed by atoms with Crippen molar-refractivity contribution in [2.24, 2.45) is 5.73 Å². The molecule has 0 heterocycles. The van der Waals surface area contributed by atoms with E-state index in [1.807, 2.05) is 20.8 Å². The van der Waals surface area contributed by atoms with Crippen LogP contribution in [0.4, 0.5) is 0 Å². The molecule has 0 bridgehead atoms. The van der Waals surface area contributed by atoms with Gasteiger partial charge in [-0.25, -0.2) is 0 Å². The third kappa shape index (κ3) is 3.76. The minimum absolute atomic E-state index is 0.0599. The number of carbonyl (C=O) groups is 1. The fourth-order valence-corrected chi connectivity index (χ4v) is 1.45. The fraction of sp³-hybridized carbons (Fsp3) is 0.917. The van der Waals surface area contributed by atoms with Gasteiger partial charge in [-0.1, -0.05) is 13.8 Å².